The molecule has 0 aliphatic heterocycles. The minimum atomic E-state index is -4.46. The molecule has 9 heteroatoms. The number of benzene rings is 2. The van der Waals surface area contributed by atoms with Gasteiger partial charge in [0, 0.05) is 17.3 Å². The number of alkyl halides is 3. The fourth-order valence-corrected chi connectivity index (χ4v) is 3.89. The number of nitrogens with zero attached hydrogens (tertiary/aromatic N) is 6. The second-order valence-electron chi connectivity index (χ2n) is 7.44. The molecule has 0 fully saturated rings. The Morgan fingerprint density at radius 1 is 1.00 bits per heavy atom. The summed E-state index contributed by atoms with van der Waals surface area (Å²) in [6.07, 6.45) is 0.335. The van der Waals surface area contributed by atoms with Gasteiger partial charge in [-0.25, -0.2) is 14.2 Å². The first-order chi connectivity index (χ1) is 15.9. The number of rotatable bonds is 3. The van der Waals surface area contributed by atoms with Crippen LogP contribution in [0.4, 0.5) is 13.2 Å². The first kappa shape index (κ1) is 20.5. The molecule has 2 aromatic carbocycles. The lowest BCUT2D eigenvalue weighted by Crippen LogP contribution is -2.06. The molecule has 0 aliphatic carbocycles. The van der Waals surface area contributed by atoms with E-state index in [-0.39, 0.29) is 0 Å². The Balaban J connectivity index is 1.73. The summed E-state index contributed by atoms with van der Waals surface area (Å²) >= 11 is 0. The number of hydrogen-bond acceptors (Lipinski definition) is 4. The van der Waals surface area contributed by atoms with Crippen molar-refractivity contribution in [1.82, 2.24) is 24.4 Å². The molecule has 3 heterocycles. The Morgan fingerprint density at radius 2 is 1.79 bits per heavy atom. The lowest BCUT2D eigenvalue weighted by Gasteiger charge is -2.16. The van der Waals surface area contributed by atoms with Crippen LogP contribution in [0.1, 0.15) is 16.7 Å². The van der Waals surface area contributed by atoms with E-state index in [1.807, 2.05) is 13.0 Å². The molecular weight excluding hydrogens is 429 g/mol. The van der Waals surface area contributed by atoms with Gasteiger partial charge in [0.15, 0.2) is 5.65 Å². The highest BCUT2D eigenvalue weighted by molar-refractivity contribution is 5.86. The van der Waals surface area contributed by atoms with Crippen LogP contribution < -0.4 is 0 Å². The van der Waals surface area contributed by atoms with Crippen LogP contribution in [-0.4, -0.2) is 24.4 Å². The number of halogens is 3. The van der Waals surface area contributed by atoms with E-state index < -0.39 is 11.7 Å². The molecule has 0 atom stereocenters. The van der Waals surface area contributed by atoms with Crippen molar-refractivity contribution in [2.45, 2.75) is 13.1 Å². The summed E-state index contributed by atoms with van der Waals surface area (Å²) < 4.78 is 43.4. The zero-order valence-corrected chi connectivity index (χ0v) is 17.2. The number of nitriles is 1. The molecule has 0 spiro atoms. The highest BCUT2D eigenvalue weighted by atomic mass is 19.4. The molecule has 0 unspecified atom stereocenters. The molecule has 0 saturated heterocycles. The smallest absolute Gasteiger partial charge is 0.233 e. The van der Waals surface area contributed by atoms with Gasteiger partial charge in [0.2, 0.25) is 0 Å². The summed E-state index contributed by atoms with van der Waals surface area (Å²) in [5, 5.41) is 17.7. The Labute approximate surface area is 186 Å². The molecule has 5 aromatic rings. The first-order valence-electron chi connectivity index (χ1n) is 9.92. The second kappa shape index (κ2) is 7.60. The molecule has 0 N–H and O–H groups in total. The maximum absolute atomic E-state index is 13.4. The van der Waals surface area contributed by atoms with E-state index in [9.17, 15) is 13.2 Å². The topological polar surface area (TPSA) is 71.8 Å². The Bertz CT molecular complexity index is 1520. The second-order valence-corrected chi connectivity index (χ2v) is 7.44. The largest absolute Gasteiger partial charge is 0.416 e. The predicted molar refractivity (Wildman–Crippen MR) is 115 cm³/mol. The summed E-state index contributed by atoms with van der Waals surface area (Å²) in [5.74, 6) is 0. The third kappa shape index (κ3) is 3.51. The van der Waals surface area contributed by atoms with Crippen LogP contribution in [0.25, 0.3) is 33.7 Å². The van der Waals surface area contributed by atoms with Crippen LogP contribution in [0.3, 0.4) is 0 Å². The van der Waals surface area contributed by atoms with Crippen LogP contribution in [0.15, 0.2) is 73.3 Å². The number of hydrogen-bond donors (Lipinski definition) is 0. The monoisotopic (exact) mass is 444 g/mol. The van der Waals surface area contributed by atoms with E-state index in [2.05, 4.69) is 21.3 Å². The fourth-order valence-electron chi connectivity index (χ4n) is 3.89. The maximum atomic E-state index is 13.4. The van der Waals surface area contributed by atoms with Gasteiger partial charge < -0.3 is 0 Å². The van der Waals surface area contributed by atoms with E-state index in [4.69, 9.17) is 5.26 Å². The third-order valence-corrected chi connectivity index (χ3v) is 5.47. The minimum Gasteiger partial charge on any atom is -0.233 e. The lowest BCUT2D eigenvalue weighted by molar-refractivity contribution is -0.137. The summed E-state index contributed by atoms with van der Waals surface area (Å²) in [4.78, 5) is 4.29. The SMILES string of the molecule is Cc1c(-c2ccnn2-c2ccc(C#N)cc2)cn2ncnc2c1-c1cccc(C(F)(F)F)c1. The average Bonchev–Trinajstić information content (AvgIpc) is 3.48. The van der Waals surface area contributed by atoms with E-state index in [1.54, 1.807) is 51.9 Å². The highest BCUT2D eigenvalue weighted by Crippen LogP contribution is 2.37. The molecule has 162 valence electrons. The molecule has 0 radical (unpaired) electrons. The highest BCUT2D eigenvalue weighted by Gasteiger charge is 2.31. The summed E-state index contributed by atoms with van der Waals surface area (Å²) in [6.45, 7) is 1.84. The van der Waals surface area contributed by atoms with Crippen molar-refractivity contribution in [1.29, 1.82) is 5.26 Å². The van der Waals surface area contributed by atoms with Crippen molar-refractivity contribution in [3.8, 4) is 34.1 Å². The Kier molecular flexibility index (Phi) is 4.71. The zero-order valence-electron chi connectivity index (χ0n) is 17.2. The van der Waals surface area contributed by atoms with E-state index in [0.29, 0.717) is 22.3 Å². The summed E-state index contributed by atoms with van der Waals surface area (Å²) in [6, 6.07) is 16.1. The van der Waals surface area contributed by atoms with E-state index in [0.717, 1.165) is 34.6 Å². The lowest BCUT2D eigenvalue weighted by atomic mass is 9.95. The van der Waals surface area contributed by atoms with Crippen molar-refractivity contribution >= 4 is 5.65 Å². The summed E-state index contributed by atoms with van der Waals surface area (Å²) in [5.41, 5.74) is 4.16. The van der Waals surface area contributed by atoms with Gasteiger partial charge in [-0.05, 0) is 60.5 Å². The van der Waals surface area contributed by atoms with Gasteiger partial charge in [0.25, 0.3) is 0 Å². The normalized spacial score (nSPS) is 11.6. The number of pyridine rings is 1. The average molecular weight is 444 g/mol. The van der Waals surface area contributed by atoms with Gasteiger partial charge >= 0.3 is 6.18 Å². The van der Waals surface area contributed by atoms with Crippen molar-refractivity contribution in [2.75, 3.05) is 0 Å². The predicted octanol–water partition coefficient (Wildman–Crippen LogP) is 5.45. The van der Waals surface area contributed by atoms with Crippen molar-refractivity contribution in [3.63, 3.8) is 0 Å². The first-order valence-corrected chi connectivity index (χ1v) is 9.92. The molecule has 0 saturated carbocycles. The third-order valence-electron chi connectivity index (χ3n) is 5.47. The molecule has 6 nitrogen and oxygen atoms in total. The molecule has 0 aliphatic rings. The van der Waals surface area contributed by atoms with Gasteiger partial charge in [-0.2, -0.15) is 28.6 Å². The van der Waals surface area contributed by atoms with Crippen LogP contribution >= 0.6 is 0 Å². The van der Waals surface area contributed by atoms with Crippen LogP contribution in [0.2, 0.25) is 0 Å². The van der Waals surface area contributed by atoms with Gasteiger partial charge in [-0.3, -0.25) is 0 Å². The molecule has 0 bridgehead atoms. The van der Waals surface area contributed by atoms with Crippen molar-refractivity contribution < 1.29 is 13.2 Å². The van der Waals surface area contributed by atoms with Crippen molar-refractivity contribution in [3.05, 3.63) is 90.0 Å². The van der Waals surface area contributed by atoms with Gasteiger partial charge in [0.05, 0.1) is 34.8 Å². The van der Waals surface area contributed by atoms with Gasteiger partial charge in [-0.15, -0.1) is 0 Å². The Morgan fingerprint density at radius 3 is 2.52 bits per heavy atom. The molecule has 33 heavy (non-hydrogen) atoms. The van der Waals surface area contributed by atoms with Crippen LogP contribution in [0, 0.1) is 18.3 Å². The quantitative estimate of drug-likeness (QED) is 0.371. The standard InChI is InChI=1S/C24H15F3N6/c1-15-20(21-9-10-30-33(21)19-7-5-16(12-28)6-8-19)13-32-23(29-14-31-32)22(15)17-3-2-4-18(11-17)24(25,26)27/h2-11,13-14H,1H3. The minimum absolute atomic E-state index is 0.395. The van der Waals surface area contributed by atoms with E-state index >= 15 is 0 Å². The number of fused-ring (bicyclic) bond motifs is 1. The fraction of sp³-hybridized carbons (Fsp3) is 0.0833. The van der Waals surface area contributed by atoms with Gasteiger partial charge in [-0.1, -0.05) is 12.1 Å². The van der Waals surface area contributed by atoms with Crippen LogP contribution in [-0.2, 0) is 6.18 Å². The van der Waals surface area contributed by atoms with Gasteiger partial charge in [0.1, 0.15) is 6.33 Å². The maximum Gasteiger partial charge on any atom is 0.416 e. The molecule has 3 aromatic heterocycles. The Hall–Kier alpha value is -4.45. The number of aromatic nitrogens is 5. The summed E-state index contributed by atoms with van der Waals surface area (Å²) in [7, 11) is 0. The zero-order chi connectivity index (χ0) is 23.2. The molecule has 5 rings (SSSR count). The molecular formula is C24H15F3N6. The molecule has 0 amide bonds. The van der Waals surface area contributed by atoms with E-state index in [1.165, 1.54) is 12.4 Å². The van der Waals surface area contributed by atoms with Crippen LogP contribution in [0.5, 0.6) is 0 Å². The van der Waals surface area contributed by atoms with Crippen molar-refractivity contribution in [2.24, 2.45) is 0 Å².